The third-order valence-electron chi connectivity index (χ3n) is 2.46. The van der Waals surface area contributed by atoms with Gasteiger partial charge < -0.3 is 10.5 Å². The van der Waals surface area contributed by atoms with Crippen LogP contribution in [0.25, 0.3) is 0 Å². The highest BCUT2D eigenvalue weighted by atomic mass is 19.1. The van der Waals surface area contributed by atoms with Crippen LogP contribution in [0, 0.1) is 5.82 Å². The van der Waals surface area contributed by atoms with Crippen molar-refractivity contribution in [2.24, 2.45) is 0 Å². The fourth-order valence-electron chi connectivity index (χ4n) is 1.65. The number of hydrogen-bond acceptors (Lipinski definition) is 4. The van der Waals surface area contributed by atoms with E-state index in [4.69, 9.17) is 10.5 Å². The molecule has 0 aliphatic heterocycles. The normalized spacial score (nSPS) is 10.7. The van der Waals surface area contributed by atoms with Crippen LogP contribution in [0.15, 0.2) is 30.3 Å². The van der Waals surface area contributed by atoms with Crippen LogP contribution in [0.1, 0.15) is 30.4 Å². The van der Waals surface area contributed by atoms with Crippen LogP contribution in [-0.4, -0.2) is 15.7 Å². The molecule has 0 atom stereocenters. The number of anilines is 1. The number of rotatable bonds is 3. The Morgan fingerprint density at radius 2 is 2.16 bits per heavy atom. The minimum absolute atomic E-state index is 0.0349. The maximum atomic E-state index is 13.0. The van der Waals surface area contributed by atoms with Gasteiger partial charge >= 0.3 is 5.97 Å². The molecule has 1 aromatic carbocycles. The summed E-state index contributed by atoms with van der Waals surface area (Å²) in [4.78, 5) is 12.0. The van der Waals surface area contributed by atoms with E-state index in [0.717, 1.165) is 6.07 Å². The van der Waals surface area contributed by atoms with E-state index in [1.807, 2.05) is 13.8 Å². The van der Waals surface area contributed by atoms with Crippen LogP contribution >= 0.6 is 0 Å². The summed E-state index contributed by atoms with van der Waals surface area (Å²) < 4.78 is 19.6. The highest BCUT2D eigenvalue weighted by Crippen LogP contribution is 2.17. The van der Waals surface area contributed by atoms with Gasteiger partial charge in [-0.3, -0.25) is 4.68 Å². The Balaban J connectivity index is 2.25. The zero-order valence-electron chi connectivity index (χ0n) is 10.6. The van der Waals surface area contributed by atoms with Crippen molar-refractivity contribution < 1.29 is 13.9 Å². The van der Waals surface area contributed by atoms with E-state index in [2.05, 4.69) is 5.10 Å². The van der Waals surface area contributed by atoms with Gasteiger partial charge in [-0.05, 0) is 26.0 Å². The van der Waals surface area contributed by atoms with Crippen LogP contribution in [0.2, 0.25) is 0 Å². The van der Waals surface area contributed by atoms with Crippen molar-refractivity contribution in [3.8, 4) is 5.75 Å². The second-order valence-electron chi connectivity index (χ2n) is 4.34. The Hall–Kier alpha value is -2.37. The number of aromatic nitrogens is 2. The van der Waals surface area contributed by atoms with Crippen molar-refractivity contribution in [1.82, 2.24) is 9.78 Å². The van der Waals surface area contributed by atoms with Crippen LogP contribution in [0.3, 0.4) is 0 Å². The molecule has 6 heteroatoms. The van der Waals surface area contributed by atoms with Gasteiger partial charge in [-0.25, -0.2) is 9.18 Å². The number of nitrogens with two attached hydrogens (primary N) is 1. The number of carbonyl (C=O) groups excluding carboxylic acids is 1. The quantitative estimate of drug-likeness (QED) is 0.682. The summed E-state index contributed by atoms with van der Waals surface area (Å²) in [6, 6.07) is 6.77. The second-order valence-corrected chi connectivity index (χ2v) is 4.34. The number of ether oxygens (including phenoxy) is 1. The molecule has 0 unspecified atom stereocenters. The van der Waals surface area contributed by atoms with Crippen molar-refractivity contribution in [3.63, 3.8) is 0 Å². The highest BCUT2D eigenvalue weighted by molar-refractivity contribution is 5.90. The number of carbonyl (C=O) groups is 1. The zero-order chi connectivity index (χ0) is 14.0. The van der Waals surface area contributed by atoms with Gasteiger partial charge in [0.05, 0.1) is 0 Å². The van der Waals surface area contributed by atoms with E-state index in [1.165, 1.54) is 28.9 Å². The van der Waals surface area contributed by atoms with Gasteiger partial charge in [-0.15, -0.1) is 0 Å². The largest absolute Gasteiger partial charge is 0.422 e. The van der Waals surface area contributed by atoms with Crippen LogP contribution in [-0.2, 0) is 0 Å². The minimum Gasteiger partial charge on any atom is -0.422 e. The van der Waals surface area contributed by atoms with Gasteiger partial charge in [0.25, 0.3) is 0 Å². The monoisotopic (exact) mass is 263 g/mol. The lowest BCUT2D eigenvalue weighted by molar-refractivity contribution is 0.0719. The number of nitrogens with zero attached hydrogens (tertiary/aromatic N) is 2. The van der Waals surface area contributed by atoms with E-state index in [-0.39, 0.29) is 23.3 Å². The topological polar surface area (TPSA) is 70.1 Å². The summed E-state index contributed by atoms with van der Waals surface area (Å²) in [5.74, 6) is -0.717. The molecule has 0 aliphatic rings. The van der Waals surface area contributed by atoms with E-state index >= 15 is 0 Å². The maximum Gasteiger partial charge on any atom is 0.362 e. The smallest absolute Gasteiger partial charge is 0.362 e. The first-order valence-corrected chi connectivity index (χ1v) is 5.80. The zero-order valence-corrected chi connectivity index (χ0v) is 10.6. The molecule has 0 saturated heterocycles. The molecule has 100 valence electrons. The SMILES string of the molecule is CC(C)n1nc(N)cc1C(=O)Oc1cccc(F)c1. The summed E-state index contributed by atoms with van der Waals surface area (Å²) in [5.41, 5.74) is 5.81. The van der Waals surface area contributed by atoms with Crippen LogP contribution in [0.4, 0.5) is 10.2 Å². The Labute approximate surface area is 109 Å². The lowest BCUT2D eigenvalue weighted by atomic mass is 10.3. The molecule has 0 amide bonds. The molecule has 5 nitrogen and oxygen atoms in total. The summed E-state index contributed by atoms with van der Waals surface area (Å²) in [6.07, 6.45) is 0. The predicted octanol–water partition coefficient (Wildman–Crippen LogP) is 2.40. The Bertz CT molecular complexity index is 608. The highest BCUT2D eigenvalue weighted by Gasteiger charge is 2.18. The molecule has 2 rings (SSSR count). The van der Waals surface area contributed by atoms with Gasteiger partial charge in [0.15, 0.2) is 0 Å². The summed E-state index contributed by atoms with van der Waals surface area (Å²) in [7, 11) is 0. The first kappa shape index (κ1) is 13.1. The van der Waals surface area contributed by atoms with Gasteiger partial charge in [-0.2, -0.15) is 5.10 Å². The summed E-state index contributed by atoms with van der Waals surface area (Å²) >= 11 is 0. The molecular formula is C13H14FN3O2. The lowest BCUT2D eigenvalue weighted by Crippen LogP contribution is -2.17. The molecule has 0 radical (unpaired) electrons. The van der Waals surface area contributed by atoms with Crippen LogP contribution < -0.4 is 10.5 Å². The first-order chi connectivity index (χ1) is 8.97. The van der Waals surface area contributed by atoms with Gasteiger partial charge in [-0.1, -0.05) is 6.07 Å². The molecule has 1 aromatic heterocycles. The number of benzene rings is 1. The van der Waals surface area contributed by atoms with Crippen molar-refractivity contribution in [2.75, 3.05) is 5.73 Å². The summed E-state index contributed by atoms with van der Waals surface area (Å²) in [5, 5.41) is 4.01. The molecule has 0 fully saturated rings. The average molecular weight is 263 g/mol. The lowest BCUT2D eigenvalue weighted by Gasteiger charge is -2.10. The van der Waals surface area contributed by atoms with Crippen molar-refractivity contribution in [1.29, 1.82) is 0 Å². The second kappa shape index (κ2) is 5.09. The predicted molar refractivity (Wildman–Crippen MR) is 68.4 cm³/mol. The Kier molecular flexibility index (Phi) is 3.50. The van der Waals surface area contributed by atoms with Gasteiger partial charge in [0.2, 0.25) is 0 Å². The minimum atomic E-state index is -0.622. The maximum absolute atomic E-state index is 13.0. The molecule has 0 saturated carbocycles. The third-order valence-corrected chi connectivity index (χ3v) is 2.46. The van der Waals surface area contributed by atoms with Crippen molar-refractivity contribution >= 4 is 11.8 Å². The number of nitrogen functional groups attached to an aromatic ring is 1. The van der Waals surface area contributed by atoms with E-state index in [0.29, 0.717) is 0 Å². The number of esters is 1. The van der Waals surface area contributed by atoms with Gasteiger partial charge in [0, 0.05) is 18.2 Å². The molecule has 0 aliphatic carbocycles. The van der Waals surface area contributed by atoms with E-state index < -0.39 is 11.8 Å². The van der Waals surface area contributed by atoms with E-state index in [9.17, 15) is 9.18 Å². The Morgan fingerprint density at radius 3 is 2.79 bits per heavy atom. The molecule has 0 spiro atoms. The fraction of sp³-hybridized carbons (Fsp3) is 0.231. The van der Waals surface area contributed by atoms with E-state index in [1.54, 1.807) is 0 Å². The average Bonchev–Trinajstić information content (AvgIpc) is 2.71. The fourth-order valence-corrected chi connectivity index (χ4v) is 1.65. The number of hydrogen-bond donors (Lipinski definition) is 1. The molecule has 1 heterocycles. The van der Waals surface area contributed by atoms with Gasteiger partial charge in [0.1, 0.15) is 23.1 Å². The van der Waals surface area contributed by atoms with Crippen molar-refractivity contribution in [2.45, 2.75) is 19.9 Å². The standard InChI is InChI=1S/C13H14FN3O2/c1-8(2)17-11(7-12(15)16-17)13(18)19-10-5-3-4-9(14)6-10/h3-8H,1-2H3,(H2,15,16). The molecule has 2 aromatic rings. The summed E-state index contributed by atoms with van der Waals surface area (Å²) in [6.45, 7) is 3.73. The number of halogens is 1. The van der Waals surface area contributed by atoms with Crippen molar-refractivity contribution in [3.05, 3.63) is 41.8 Å². The Morgan fingerprint density at radius 1 is 1.42 bits per heavy atom. The van der Waals surface area contributed by atoms with Crippen LogP contribution in [0.5, 0.6) is 5.75 Å². The first-order valence-electron chi connectivity index (χ1n) is 5.80. The molecular weight excluding hydrogens is 249 g/mol. The molecule has 2 N–H and O–H groups in total. The third kappa shape index (κ3) is 2.90. The molecule has 0 bridgehead atoms. The molecule has 19 heavy (non-hydrogen) atoms.